The van der Waals surface area contributed by atoms with Gasteiger partial charge in [0.2, 0.25) is 0 Å². The lowest BCUT2D eigenvalue weighted by molar-refractivity contribution is -0.137. The second-order valence-electron chi connectivity index (χ2n) is 3.18. The van der Waals surface area contributed by atoms with Gasteiger partial charge in [0.1, 0.15) is 6.54 Å². The number of hydrogen-bond acceptors (Lipinski definition) is 3. The molecule has 1 N–H and O–H groups in total. The molecule has 1 heterocycles. The van der Waals surface area contributed by atoms with Crippen molar-refractivity contribution in [3.05, 3.63) is 39.8 Å². The van der Waals surface area contributed by atoms with Crippen molar-refractivity contribution in [3.8, 4) is 0 Å². The number of nitrogens with zero attached hydrogens (tertiary/aromatic N) is 2. The van der Waals surface area contributed by atoms with Crippen molar-refractivity contribution in [1.29, 1.82) is 0 Å². The average molecular weight is 239 g/mol. The molecule has 82 valence electrons. The Balaban J connectivity index is 2.81. The molecule has 0 aliphatic heterocycles. The summed E-state index contributed by atoms with van der Waals surface area (Å²) < 4.78 is 1.09. The number of hydrogen-bond donors (Lipinski definition) is 1. The van der Waals surface area contributed by atoms with Crippen molar-refractivity contribution in [2.75, 3.05) is 0 Å². The number of para-hydroxylation sites is 2. The second-order valence-corrected chi connectivity index (χ2v) is 3.53. The molecule has 0 bridgehead atoms. The van der Waals surface area contributed by atoms with E-state index in [-0.39, 0.29) is 5.15 Å². The van der Waals surface area contributed by atoms with Crippen LogP contribution in [-0.2, 0) is 11.3 Å². The average Bonchev–Trinajstić information content (AvgIpc) is 2.24. The van der Waals surface area contributed by atoms with Crippen molar-refractivity contribution in [1.82, 2.24) is 9.55 Å². The van der Waals surface area contributed by atoms with E-state index in [1.165, 1.54) is 0 Å². The third-order valence-electron chi connectivity index (χ3n) is 2.11. The summed E-state index contributed by atoms with van der Waals surface area (Å²) in [6.45, 7) is -0.429. The molecule has 0 saturated carbocycles. The van der Waals surface area contributed by atoms with Gasteiger partial charge in [0, 0.05) is 0 Å². The standard InChI is InChI=1S/C10H7ClN2O3/c11-9-10(16)13(5-8(14)15)7-4-2-1-3-6(7)12-9/h1-4H,5H2,(H,14,15). The zero-order chi connectivity index (χ0) is 11.7. The van der Waals surface area contributed by atoms with Crippen molar-refractivity contribution in [3.63, 3.8) is 0 Å². The Morgan fingerprint density at radius 3 is 2.81 bits per heavy atom. The van der Waals surface area contributed by atoms with Crippen LogP contribution in [-0.4, -0.2) is 20.6 Å². The Bertz CT molecular complexity index is 621. The maximum absolute atomic E-state index is 11.6. The first kappa shape index (κ1) is 10.6. The number of fused-ring (bicyclic) bond motifs is 1. The van der Waals surface area contributed by atoms with Crippen LogP contribution in [0.3, 0.4) is 0 Å². The lowest BCUT2D eigenvalue weighted by atomic mass is 10.3. The van der Waals surface area contributed by atoms with E-state index in [1.54, 1.807) is 24.3 Å². The highest BCUT2D eigenvalue weighted by atomic mass is 35.5. The van der Waals surface area contributed by atoms with Gasteiger partial charge in [0.25, 0.3) is 5.56 Å². The molecule has 0 amide bonds. The molecule has 0 unspecified atom stereocenters. The highest BCUT2D eigenvalue weighted by molar-refractivity contribution is 6.29. The van der Waals surface area contributed by atoms with Gasteiger partial charge in [-0.25, -0.2) is 4.98 Å². The molecule has 0 aliphatic carbocycles. The van der Waals surface area contributed by atoms with E-state index >= 15 is 0 Å². The van der Waals surface area contributed by atoms with Crippen LogP contribution in [0.15, 0.2) is 29.1 Å². The highest BCUT2D eigenvalue weighted by Gasteiger charge is 2.10. The third-order valence-corrected chi connectivity index (χ3v) is 2.35. The Kier molecular flexibility index (Phi) is 2.62. The smallest absolute Gasteiger partial charge is 0.323 e. The quantitative estimate of drug-likeness (QED) is 0.851. The summed E-state index contributed by atoms with van der Waals surface area (Å²) >= 11 is 5.64. The van der Waals surface area contributed by atoms with Gasteiger partial charge in [-0.2, -0.15) is 0 Å². The third kappa shape index (κ3) is 1.77. The first-order chi connectivity index (χ1) is 7.59. The summed E-state index contributed by atoms with van der Waals surface area (Å²) in [5.74, 6) is -1.10. The Labute approximate surface area is 94.9 Å². The number of rotatable bonds is 2. The van der Waals surface area contributed by atoms with Gasteiger partial charge in [-0.3, -0.25) is 14.2 Å². The minimum Gasteiger partial charge on any atom is -0.480 e. The zero-order valence-electron chi connectivity index (χ0n) is 8.05. The number of aromatic nitrogens is 2. The molecule has 16 heavy (non-hydrogen) atoms. The van der Waals surface area contributed by atoms with Crippen molar-refractivity contribution in [2.45, 2.75) is 6.54 Å². The maximum atomic E-state index is 11.6. The van der Waals surface area contributed by atoms with Crippen LogP contribution < -0.4 is 5.56 Å². The van der Waals surface area contributed by atoms with Gasteiger partial charge in [-0.05, 0) is 12.1 Å². The molecule has 2 rings (SSSR count). The predicted octanol–water partition coefficient (Wildman–Crippen LogP) is 1.13. The molecule has 0 radical (unpaired) electrons. The van der Waals surface area contributed by atoms with Gasteiger partial charge >= 0.3 is 5.97 Å². The maximum Gasteiger partial charge on any atom is 0.323 e. The fourth-order valence-corrected chi connectivity index (χ4v) is 1.65. The van der Waals surface area contributed by atoms with E-state index in [0.717, 1.165) is 4.57 Å². The predicted molar refractivity (Wildman–Crippen MR) is 58.6 cm³/mol. The monoisotopic (exact) mass is 238 g/mol. The molecule has 0 atom stereocenters. The van der Waals surface area contributed by atoms with Gasteiger partial charge in [-0.15, -0.1) is 0 Å². The summed E-state index contributed by atoms with van der Waals surface area (Å²) in [4.78, 5) is 26.2. The molecular weight excluding hydrogens is 232 g/mol. The summed E-state index contributed by atoms with van der Waals surface area (Å²) in [5.41, 5.74) is 0.357. The topological polar surface area (TPSA) is 72.2 Å². The number of halogens is 1. The summed E-state index contributed by atoms with van der Waals surface area (Å²) in [6.07, 6.45) is 0. The first-order valence-corrected chi connectivity index (χ1v) is 4.84. The van der Waals surface area contributed by atoms with Crippen LogP contribution in [0.4, 0.5) is 0 Å². The molecule has 5 nitrogen and oxygen atoms in total. The van der Waals surface area contributed by atoms with Gasteiger partial charge in [-0.1, -0.05) is 23.7 Å². The first-order valence-electron chi connectivity index (χ1n) is 4.46. The van der Waals surface area contributed by atoms with E-state index in [9.17, 15) is 9.59 Å². The minimum absolute atomic E-state index is 0.222. The SMILES string of the molecule is O=C(O)Cn1c(=O)c(Cl)nc2ccccc21. The van der Waals surface area contributed by atoms with Crippen LogP contribution in [0.25, 0.3) is 11.0 Å². The van der Waals surface area contributed by atoms with Crippen LogP contribution in [0.2, 0.25) is 5.15 Å². The molecule has 2 aromatic rings. The van der Waals surface area contributed by atoms with Gasteiger partial charge < -0.3 is 5.11 Å². The van der Waals surface area contributed by atoms with Crippen molar-refractivity contribution < 1.29 is 9.90 Å². The Morgan fingerprint density at radius 1 is 1.44 bits per heavy atom. The molecule has 0 fully saturated rings. The summed E-state index contributed by atoms with van der Waals surface area (Å²) in [5, 5.41) is 8.50. The largest absolute Gasteiger partial charge is 0.480 e. The fraction of sp³-hybridized carbons (Fsp3) is 0.100. The van der Waals surface area contributed by atoms with E-state index in [4.69, 9.17) is 16.7 Å². The summed E-state index contributed by atoms with van der Waals surface area (Å²) in [7, 11) is 0. The fourth-order valence-electron chi connectivity index (χ4n) is 1.45. The van der Waals surface area contributed by atoms with Gasteiger partial charge in [0.15, 0.2) is 5.15 Å². The van der Waals surface area contributed by atoms with Crippen LogP contribution in [0.5, 0.6) is 0 Å². The lowest BCUT2D eigenvalue weighted by Crippen LogP contribution is -2.25. The Morgan fingerprint density at radius 2 is 2.12 bits per heavy atom. The van der Waals surface area contributed by atoms with Crippen LogP contribution >= 0.6 is 11.6 Å². The van der Waals surface area contributed by atoms with Crippen LogP contribution in [0.1, 0.15) is 0 Å². The number of aliphatic carboxylic acids is 1. The zero-order valence-corrected chi connectivity index (χ0v) is 8.81. The van der Waals surface area contributed by atoms with Crippen LogP contribution in [0, 0.1) is 0 Å². The minimum atomic E-state index is -1.10. The van der Waals surface area contributed by atoms with E-state index in [1.807, 2.05) is 0 Å². The Hall–Kier alpha value is -1.88. The molecule has 1 aromatic carbocycles. The number of carboxylic acids is 1. The number of benzene rings is 1. The molecule has 0 aliphatic rings. The highest BCUT2D eigenvalue weighted by Crippen LogP contribution is 2.11. The lowest BCUT2D eigenvalue weighted by Gasteiger charge is -2.07. The van der Waals surface area contributed by atoms with Crippen molar-refractivity contribution >= 4 is 28.6 Å². The van der Waals surface area contributed by atoms with E-state index in [2.05, 4.69) is 4.98 Å². The number of carboxylic acid groups (broad SMARTS) is 1. The number of carbonyl (C=O) groups is 1. The normalized spacial score (nSPS) is 10.6. The second kappa shape index (κ2) is 3.94. The molecule has 6 heteroatoms. The molecule has 0 spiro atoms. The van der Waals surface area contributed by atoms with Crippen molar-refractivity contribution in [2.24, 2.45) is 0 Å². The molecular formula is C10H7ClN2O3. The van der Waals surface area contributed by atoms with Gasteiger partial charge in [0.05, 0.1) is 11.0 Å². The van der Waals surface area contributed by atoms with E-state index < -0.39 is 18.1 Å². The molecule has 0 saturated heterocycles. The van der Waals surface area contributed by atoms with E-state index in [0.29, 0.717) is 11.0 Å². The molecule has 1 aromatic heterocycles. The summed E-state index contributed by atoms with van der Waals surface area (Å²) in [6, 6.07) is 6.74.